The van der Waals surface area contributed by atoms with Crippen LogP contribution in [-0.2, 0) is 13.1 Å². The lowest BCUT2D eigenvalue weighted by atomic mass is 9.83. The van der Waals surface area contributed by atoms with Crippen LogP contribution in [0.3, 0.4) is 0 Å². The van der Waals surface area contributed by atoms with E-state index in [2.05, 4.69) is 129 Å². The second-order valence-corrected chi connectivity index (χ2v) is 22.3. The van der Waals surface area contributed by atoms with Gasteiger partial charge in [-0.15, -0.1) is 0 Å². The van der Waals surface area contributed by atoms with Crippen LogP contribution in [-0.4, -0.2) is 125 Å². The van der Waals surface area contributed by atoms with Crippen molar-refractivity contribution in [2.45, 2.75) is 167 Å². The van der Waals surface area contributed by atoms with E-state index in [1.807, 2.05) is 26.2 Å². The van der Waals surface area contributed by atoms with Crippen LogP contribution in [0.4, 0.5) is 11.9 Å². The molecular weight excluding hydrogens is 897 g/mol. The van der Waals surface area contributed by atoms with Crippen molar-refractivity contribution in [2.24, 2.45) is 0 Å². The van der Waals surface area contributed by atoms with Crippen LogP contribution in [0.5, 0.6) is 0 Å². The Morgan fingerprint density at radius 1 is 0.583 bits per heavy atom. The first-order chi connectivity index (χ1) is 34.8. The zero-order valence-electron chi connectivity index (χ0n) is 44.3. The molecule has 2 saturated carbocycles. The first-order valence-corrected chi connectivity index (χ1v) is 27.6. The number of fused-ring (bicyclic) bond motifs is 2. The van der Waals surface area contributed by atoms with Crippen molar-refractivity contribution in [3.05, 3.63) is 84.4 Å². The summed E-state index contributed by atoms with van der Waals surface area (Å²) in [5, 5.41) is 37.1. The van der Waals surface area contributed by atoms with E-state index in [9.17, 15) is 10.2 Å². The highest BCUT2D eigenvalue weighted by Gasteiger charge is 2.32. The maximum absolute atomic E-state index is 10.5. The lowest BCUT2D eigenvalue weighted by molar-refractivity contribution is 0.00998. The molecule has 2 aliphatic carbocycles. The van der Waals surface area contributed by atoms with Gasteiger partial charge >= 0.3 is 0 Å². The van der Waals surface area contributed by atoms with E-state index in [1.165, 1.54) is 33.4 Å². The molecule has 0 amide bonds. The maximum Gasteiger partial charge on any atom is 0.224 e. The van der Waals surface area contributed by atoms with Crippen molar-refractivity contribution in [1.29, 1.82) is 0 Å². The minimum atomic E-state index is -0.556. The molecule has 0 unspecified atom stereocenters. The number of aliphatic hydroxyl groups is 2. The summed E-state index contributed by atoms with van der Waals surface area (Å²) in [5.41, 5.74) is 8.35. The number of hydrogen-bond acceptors (Lipinski definition) is 12. The number of anilines is 2. The summed E-state index contributed by atoms with van der Waals surface area (Å²) in [4.78, 5) is 24.5. The van der Waals surface area contributed by atoms with Crippen LogP contribution >= 0.6 is 0 Å². The topological polar surface area (TPSA) is 156 Å². The first kappa shape index (κ1) is 51.9. The molecule has 4 aliphatic rings. The van der Waals surface area contributed by atoms with Crippen LogP contribution in [0.1, 0.15) is 142 Å². The molecule has 2 atom stereocenters. The van der Waals surface area contributed by atoms with Gasteiger partial charge in [-0.3, -0.25) is 9.80 Å². The average molecular weight is 981 g/mol. The summed E-state index contributed by atoms with van der Waals surface area (Å²) in [7, 11) is 0. The molecule has 14 heteroatoms. The smallest absolute Gasteiger partial charge is 0.224 e. The molecule has 388 valence electrons. The predicted octanol–water partition coefficient (Wildman–Crippen LogP) is 9.94. The molecule has 6 aromatic rings. The first-order valence-electron chi connectivity index (χ1n) is 27.6. The van der Waals surface area contributed by atoms with Crippen molar-refractivity contribution in [3.8, 4) is 22.3 Å². The van der Waals surface area contributed by atoms with E-state index >= 15 is 0 Å². The number of aromatic nitrogens is 6. The van der Waals surface area contributed by atoms with Crippen molar-refractivity contribution in [1.82, 2.24) is 49.5 Å². The van der Waals surface area contributed by atoms with Gasteiger partial charge in [0.1, 0.15) is 11.3 Å². The Kier molecular flexibility index (Phi) is 16.9. The van der Waals surface area contributed by atoms with E-state index in [4.69, 9.17) is 19.9 Å². The van der Waals surface area contributed by atoms with E-state index < -0.39 is 11.2 Å². The number of nitrogens with one attached hydrogen (secondary N) is 4. The van der Waals surface area contributed by atoms with Gasteiger partial charge in [0.25, 0.3) is 0 Å². The number of piperazine rings is 2. The van der Waals surface area contributed by atoms with Gasteiger partial charge in [0.2, 0.25) is 11.9 Å². The second-order valence-electron chi connectivity index (χ2n) is 22.3. The Morgan fingerprint density at radius 3 is 1.29 bits per heavy atom. The third-order valence-corrected chi connectivity index (χ3v) is 16.0. The molecule has 0 spiro atoms. The Balaban J connectivity index is 0.000000178. The summed E-state index contributed by atoms with van der Waals surface area (Å²) in [6.45, 7) is 23.4. The number of nitrogens with zero attached hydrogens (tertiary/aromatic N) is 8. The SMILES string of the molecule is CCC[C@H](C)Nc1ncc2c(-c3ccc(CN4CCNCC4)cc3)cn(C3CCC(C)(O)CC3)c2n1.CCC[C@H](C)Nc1ncc2c(-c3ccc(CN4CCNCC4)cc3)cn(C3CCC(C)(O)CC3)c2n1. The van der Waals surface area contributed by atoms with Gasteiger partial charge in [0.05, 0.1) is 11.2 Å². The average Bonchev–Trinajstić information content (AvgIpc) is 3.94. The van der Waals surface area contributed by atoms with Gasteiger partial charge in [-0.2, -0.15) is 9.97 Å². The minimum absolute atomic E-state index is 0.336. The molecule has 0 bridgehead atoms. The minimum Gasteiger partial charge on any atom is -0.390 e. The normalized spacial score (nSPS) is 24.2. The van der Waals surface area contributed by atoms with Crippen LogP contribution in [0.2, 0.25) is 0 Å². The standard InChI is InChI=1S/2C29H42N6O/c2*1-4-5-21(2)32-28-31-18-25-26(20-35(27(25)33-28)24-10-12-29(3,36)13-11-24)23-8-6-22(7-9-23)19-34-16-14-30-15-17-34/h2*6-9,18,20-21,24,30,36H,4-5,10-17,19H2,1-3H3,(H,31,32,33)/t2*21-,24?,29?/m00/s1. The van der Waals surface area contributed by atoms with E-state index in [1.54, 1.807) is 0 Å². The summed E-state index contributed by atoms with van der Waals surface area (Å²) in [5.74, 6) is 1.40. The van der Waals surface area contributed by atoms with Crippen molar-refractivity contribution in [2.75, 3.05) is 63.0 Å². The van der Waals surface area contributed by atoms with E-state index in [0.29, 0.717) is 36.1 Å². The molecule has 2 saturated heterocycles. The van der Waals surface area contributed by atoms with Gasteiger partial charge in [-0.25, -0.2) is 9.97 Å². The second kappa shape index (κ2) is 23.5. The number of rotatable bonds is 16. The molecule has 2 aromatic carbocycles. The van der Waals surface area contributed by atoms with Crippen molar-refractivity contribution < 1.29 is 10.2 Å². The van der Waals surface area contributed by atoms with Gasteiger partial charge in [-0.05, 0) is 114 Å². The fraction of sp³-hybridized carbons (Fsp3) is 0.586. The zero-order chi connectivity index (χ0) is 50.2. The quantitative estimate of drug-likeness (QED) is 0.0547. The molecule has 6 heterocycles. The summed E-state index contributed by atoms with van der Waals surface area (Å²) in [6.07, 6.45) is 20.1. The highest BCUT2D eigenvalue weighted by atomic mass is 16.3. The fourth-order valence-corrected chi connectivity index (χ4v) is 11.5. The molecule has 72 heavy (non-hydrogen) atoms. The number of hydrogen-bond donors (Lipinski definition) is 6. The van der Waals surface area contributed by atoms with Gasteiger partial charge < -0.3 is 40.6 Å². The molecule has 4 aromatic heterocycles. The van der Waals surface area contributed by atoms with Gasteiger partial charge in [0.15, 0.2) is 0 Å². The molecule has 6 N–H and O–H groups in total. The zero-order valence-corrected chi connectivity index (χ0v) is 44.3. The van der Waals surface area contributed by atoms with Gasteiger partial charge in [0, 0.05) is 136 Å². The lowest BCUT2D eigenvalue weighted by Gasteiger charge is -2.34. The third-order valence-electron chi connectivity index (χ3n) is 16.0. The monoisotopic (exact) mass is 981 g/mol. The number of benzene rings is 2. The highest BCUT2D eigenvalue weighted by molar-refractivity contribution is 5.95. The van der Waals surface area contributed by atoms with Crippen LogP contribution in [0.25, 0.3) is 44.3 Å². The highest BCUT2D eigenvalue weighted by Crippen LogP contribution is 2.41. The largest absolute Gasteiger partial charge is 0.390 e. The molecule has 10 rings (SSSR count). The Morgan fingerprint density at radius 2 is 0.944 bits per heavy atom. The summed E-state index contributed by atoms with van der Waals surface area (Å²) < 4.78 is 4.71. The summed E-state index contributed by atoms with van der Waals surface area (Å²) >= 11 is 0. The van der Waals surface area contributed by atoms with Crippen LogP contribution < -0.4 is 21.3 Å². The Labute approximate surface area is 428 Å². The van der Waals surface area contributed by atoms with Crippen molar-refractivity contribution >= 4 is 34.0 Å². The Bertz CT molecular complexity index is 2460. The molecular formula is C58H84N12O2. The Hall–Kier alpha value is -4.96. The van der Waals surface area contributed by atoms with Crippen LogP contribution in [0.15, 0.2) is 73.3 Å². The van der Waals surface area contributed by atoms with Crippen LogP contribution in [0, 0.1) is 0 Å². The maximum atomic E-state index is 10.5. The van der Waals surface area contributed by atoms with Crippen molar-refractivity contribution in [3.63, 3.8) is 0 Å². The molecule has 4 fully saturated rings. The molecule has 2 aliphatic heterocycles. The third kappa shape index (κ3) is 13.0. The molecule has 14 nitrogen and oxygen atoms in total. The van der Waals surface area contributed by atoms with Gasteiger partial charge in [-0.1, -0.05) is 75.2 Å². The molecule has 0 radical (unpaired) electrons. The fourth-order valence-electron chi connectivity index (χ4n) is 11.5. The predicted molar refractivity (Wildman–Crippen MR) is 294 cm³/mol. The van der Waals surface area contributed by atoms with E-state index in [0.717, 1.165) is 165 Å². The lowest BCUT2D eigenvalue weighted by Crippen LogP contribution is -2.42. The summed E-state index contributed by atoms with van der Waals surface area (Å²) in [6, 6.07) is 19.4. The van der Waals surface area contributed by atoms with E-state index in [-0.39, 0.29) is 0 Å².